The summed E-state index contributed by atoms with van der Waals surface area (Å²) in [6, 6.07) is 8.75. The smallest absolute Gasteiger partial charge is 0.407 e. The number of rotatable bonds is 6. The number of carbonyl (C=O) groups excluding carboxylic acids is 1. The fourth-order valence-electron chi connectivity index (χ4n) is 1.78. The van der Waals surface area contributed by atoms with Crippen LogP contribution < -0.4 is 10.6 Å². The van der Waals surface area contributed by atoms with Crippen LogP contribution in [-0.2, 0) is 17.8 Å². The number of amides is 1. The van der Waals surface area contributed by atoms with Gasteiger partial charge in [0.25, 0.3) is 0 Å². The third-order valence-corrected chi connectivity index (χ3v) is 3.49. The van der Waals surface area contributed by atoms with E-state index in [1.165, 1.54) is 5.56 Å². The third-order valence-electron chi connectivity index (χ3n) is 3.49. The molecule has 0 spiro atoms. The van der Waals surface area contributed by atoms with Crippen molar-refractivity contribution in [1.82, 2.24) is 10.6 Å². The predicted octanol–water partition coefficient (Wildman–Crippen LogP) is 3.85. The van der Waals surface area contributed by atoms with Crippen LogP contribution in [0.4, 0.5) is 4.79 Å². The van der Waals surface area contributed by atoms with E-state index in [1.807, 2.05) is 32.9 Å². The highest BCUT2D eigenvalue weighted by atomic mass is 16.6. The lowest BCUT2D eigenvalue weighted by molar-refractivity contribution is 0.0523. The molecule has 124 valence electrons. The molecule has 0 heterocycles. The molecule has 4 heteroatoms. The first-order chi connectivity index (χ1) is 10.2. The van der Waals surface area contributed by atoms with Crippen molar-refractivity contribution in [2.75, 3.05) is 0 Å². The maximum atomic E-state index is 11.6. The Bertz CT molecular complexity index is 461. The van der Waals surface area contributed by atoms with Crippen molar-refractivity contribution in [3.8, 4) is 0 Å². The van der Waals surface area contributed by atoms with Gasteiger partial charge in [0.15, 0.2) is 0 Å². The average Bonchev–Trinajstić information content (AvgIpc) is 2.41. The molecule has 0 aliphatic rings. The van der Waals surface area contributed by atoms with E-state index in [0.29, 0.717) is 18.5 Å². The van der Waals surface area contributed by atoms with E-state index in [0.717, 1.165) is 12.1 Å². The van der Waals surface area contributed by atoms with Crippen molar-refractivity contribution < 1.29 is 9.53 Å². The lowest BCUT2D eigenvalue weighted by atomic mass is 10.1. The summed E-state index contributed by atoms with van der Waals surface area (Å²) in [4.78, 5) is 11.6. The first-order valence-corrected chi connectivity index (χ1v) is 7.95. The second-order valence-corrected chi connectivity index (χ2v) is 7.09. The summed E-state index contributed by atoms with van der Waals surface area (Å²) in [6.07, 6.45) is -0.385. The molecule has 4 nitrogen and oxygen atoms in total. The number of ether oxygens (including phenoxy) is 1. The average molecular weight is 306 g/mol. The van der Waals surface area contributed by atoms with Gasteiger partial charge in [-0.05, 0) is 44.7 Å². The highest BCUT2D eigenvalue weighted by Gasteiger charge is 2.15. The van der Waals surface area contributed by atoms with Crippen LogP contribution in [0.15, 0.2) is 24.3 Å². The van der Waals surface area contributed by atoms with Crippen molar-refractivity contribution in [1.29, 1.82) is 0 Å². The number of hydrogen-bond donors (Lipinski definition) is 2. The van der Waals surface area contributed by atoms with Gasteiger partial charge in [-0.2, -0.15) is 0 Å². The zero-order valence-corrected chi connectivity index (χ0v) is 14.7. The van der Waals surface area contributed by atoms with Gasteiger partial charge in [-0.15, -0.1) is 0 Å². The van der Waals surface area contributed by atoms with Crippen LogP contribution in [0, 0.1) is 5.92 Å². The Kier molecular flexibility index (Phi) is 6.88. The predicted molar refractivity (Wildman–Crippen MR) is 90.7 cm³/mol. The minimum absolute atomic E-state index is 0.385. The molecule has 22 heavy (non-hydrogen) atoms. The van der Waals surface area contributed by atoms with Crippen molar-refractivity contribution in [2.24, 2.45) is 5.92 Å². The Hall–Kier alpha value is -1.55. The molecule has 2 N–H and O–H groups in total. The van der Waals surface area contributed by atoms with E-state index < -0.39 is 5.60 Å². The molecule has 0 bridgehead atoms. The highest BCUT2D eigenvalue weighted by molar-refractivity contribution is 5.67. The van der Waals surface area contributed by atoms with Gasteiger partial charge >= 0.3 is 6.09 Å². The van der Waals surface area contributed by atoms with Crippen molar-refractivity contribution >= 4 is 6.09 Å². The second-order valence-electron chi connectivity index (χ2n) is 7.09. The van der Waals surface area contributed by atoms with E-state index in [-0.39, 0.29) is 6.09 Å². The summed E-state index contributed by atoms with van der Waals surface area (Å²) in [6.45, 7) is 13.5. The number of benzene rings is 1. The Labute approximate surface area is 134 Å². The zero-order chi connectivity index (χ0) is 16.8. The molecule has 0 aliphatic carbocycles. The van der Waals surface area contributed by atoms with Crippen molar-refractivity contribution in [3.63, 3.8) is 0 Å². The van der Waals surface area contributed by atoms with Gasteiger partial charge in [0.05, 0.1) is 0 Å². The topological polar surface area (TPSA) is 50.4 Å². The minimum Gasteiger partial charge on any atom is -0.444 e. The van der Waals surface area contributed by atoms with Gasteiger partial charge in [-0.1, -0.05) is 38.1 Å². The number of hydrogen-bond acceptors (Lipinski definition) is 3. The van der Waals surface area contributed by atoms with Gasteiger partial charge in [0.2, 0.25) is 0 Å². The van der Waals surface area contributed by atoms with Gasteiger partial charge in [-0.25, -0.2) is 4.79 Å². The maximum Gasteiger partial charge on any atom is 0.407 e. The normalized spacial score (nSPS) is 13.0. The van der Waals surface area contributed by atoms with Gasteiger partial charge < -0.3 is 15.4 Å². The third kappa shape index (κ3) is 7.46. The maximum absolute atomic E-state index is 11.6. The van der Waals surface area contributed by atoms with E-state index in [2.05, 4.69) is 43.5 Å². The van der Waals surface area contributed by atoms with Crippen molar-refractivity contribution in [3.05, 3.63) is 35.4 Å². The van der Waals surface area contributed by atoms with E-state index in [9.17, 15) is 4.79 Å². The molecule has 0 saturated heterocycles. The minimum atomic E-state index is -0.466. The quantitative estimate of drug-likeness (QED) is 0.839. The monoisotopic (exact) mass is 306 g/mol. The summed E-state index contributed by atoms with van der Waals surface area (Å²) in [5, 5.41) is 6.27. The molecule has 1 unspecified atom stereocenters. The number of alkyl carbamates (subject to hydrolysis) is 1. The molecular weight excluding hydrogens is 276 g/mol. The number of nitrogens with one attached hydrogen (secondary N) is 2. The molecule has 1 rings (SSSR count). The second kappa shape index (κ2) is 8.18. The summed E-state index contributed by atoms with van der Waals surface area (Å²) in [7, 11) is 0. The molecular formula is C18H30N2O2. The van der Waals surface area contributed by atoms with Crippen LogP contribution in [0.3, 0.4) is 0 Å². The Balaban J connectivity index is 2.40. The molecule has 0 radical (unpaired) electrons. The van der Waals surface area contributed by atoms with Crippen molar-refractivity contribution in [2.45, 2.75) is 66.3 Å². The van der Waals surface area contributed by atoms with Crippen LogP contribution in [0.25, 0.3) is 0 Å². The van der Waals surface area contributed by atoms with Gasteiger partial charge in [-0.3, -0.25) is 0 Å². The van der Waals surface area contributed by atoms with Crippen LogP contribution in [0.2, 0.25) is 0 Å². The first kappa shape index (κ1) is 18.5. The van der Waals surface area contributed by atoms with Crippen LogP contribution in [0.1, 0.15) is 52.7 Å². The summed E-state index contributed by atoms with van der Waals surface area (Å²) >= 11 is 0. The standard InChI is InChI=1S/C18H30N2O2/c1-13(2)14(3)19-11-15-7-9-16(10-8-15)12-20-17(21)22-18(4,5)6/h7-10,13-14,19H,11-12H2,1-6H3,(H,20,21). The lowest BCUT2D eigenvalue weighted by Crippen LogP contribution is -2.32. The van der Waals surface area contributed by atoms with Crippen LogP contribution >= 0.6 is 0 Å². The number of carbonyl (C=O) groups is 1. The Morgan fingerprint density at radius 3 is 2.00 bits per heavy atom. The van der Waals surface area contributed by atoms with E-state index in [1.54, 1.807) is 0 Å². The van der Waals surface area contributed by atoms with Gasteiger partial charge in [0.1, 0.15) is 5.60 Å². The van der Waals surface area contributed by atoms with Crippen LogP contribution in [-0.4, -0.2) is 17.7 Å². The highest BCUT2D eigenvalue weighted by Crippen LogP contribution is 2.08. The zero-order valence-electron chi connectivity index (χ0n) is 14.7. The summed E-state index contributed by atoms with van der Waals surface area (Å²) in [5.41, 5.74) is 1.84. The molecule has 1 atom stereocenters. The van der Waals surface area contributed by atoms with E-state index >= 15 is 0 Å². The fraction of sp³-hybridized carbons (Fsp3) is 0.611. The molecule has 0 aliphatic heterocycles. The first-order valence-electron chi connectivity index (χ1n) is 7.95. The Morgan fingerprint density at radius 2 is 1.55 bits per heavy atom. The lowest BCUT2D eigenvalue weighted by Gasteiger charge is -2.19. The summed E-state index contributed by atoms with van der Waals surface area (Å²) < 4.78 is 5.21. The fourth-order valence-corrected chi connectivity index (χ4v) is 1.78. The van der Waals surface area contributed by atoms with E-state index in [4.69, 9.17) is 4.74 Å². The molecule has 0 saturated carbocycles. The molecule has 1 aromatic carbocycles. The van der Waals surface area contributed by atoms with Gasteiger partial charge in [0, 0.05) is 19.1 Å². The molecule has 0 fully saturated rings. The Morgan fingerprint density at radius 1 is 1.05 bits per heavy atom. The summed E-state index contributed by atoms with van der Waals surface area (Å²) in [5.74, 6) is 0.623. The molecule has 0 aromatic heterocycles. The van der Waals surface area contributed by atoms with Crippen LogP contribution in [0.5, 0.6) is 0 Å². The molecule has 1 amide bonds. The molecule has 1 aromatic rings. The SMILES string of the molecule is CC(C)C(C)NCc1ccc(CNC(=O)OC(C)(C)C)cc1. The largest absolute Gasteiger partial charge is 0.444 e.